The Morgan fingerprint density at radius 2 is 2.00 bits per heavy atom. The minimum Gasteiger partial charge on any atom is -0.378 e. The van der Waals surface area contributed by atoms with Crippen LogP contribution in [0.25, 0.3) is 0 Å². The number of nitrogens with two attached hydrogens (primary N) is 1. The number of benzene rings is 1. The smallest absolute Gasteiger partial charge is 0.148 e. The number of nitrogens with one attached hydrogen (secondary N) is 1. The van der Waals surface area contributed by atoms with Crippen LogP contribution in [0, 0.1) is 0 Å². The van der Waals surface area contributed by atoms with Gasteiger partial charge in [0.25, 0.3) is 0 Å². The van der Waals surface area contributed by atoms with Gasteiger partial charge in [-0.05, 0) is 38.0 Å². The average Bonchev–Trinajstić information content (AvgIpc) is 2.16. The van der Waals surface area contributed by atoms with Gasteiger partial charge in [-0.2, -0.15) is 0 Å². The van der Waals surface area contributed by atoms with Gasteiger partial charge in [-0.25, -0.2) is 0 Å². The van der Waals surface area contributed by atoms with E-state index in [0.29, 0.717) is 6.54 Å². The highest BCUT2D eigenvalue weighted by Gasteiger charge is 1.98. The van der Waals surface area contributed by atoms with E-state index in [1.807, 2.05) is 31.2 Å². The minimum atomic E-state index is 0.134. The maximum atomic E-state index is 10.8. The molecule has 3 nitrogen and oxygen atoms in total. The molecule has 15 heavy (non-hydrogen) atoms. The van der Waals surface area contributed by atoms with Gasteiger partial charge in [0, 0.05) is 11.7 Å². The first-order valence-corrected chi connectivity index (χ1v) is 5.16. The van der Waals surface area contributed by atoms with Crippen molar-refractivity contribution in [1.29, 1.82) is 0 Å². The first kappa shape index (κ1) is 11.7. The second-order valence-electron chi connectivity index (χ2n) is 3.93. The van der Waals surface area contributed by atoms with E-state index >= 15 is 0 Å². The standard InChI is InChI=1S/C12H18N2O/c1-9(13)7-11-3-5-12(6-4-11)14-8-10(2)15/h3-6,9,14H,7-8,13H2,1-2H3. The van der Waals surface area contributed by atoms with E-state index in [4.69, 9.17) is 5.73 Å². The summed E-state index contributed by atoms with van der Waals surface area (Å²) in [5, 5.41) is 3.04. The van der Waals surface area contributed by atoms with E-state index in [9.17, 15) is 4.79 Å². The van der Waals surface area contributed by atoms with E-state index in [1.54, 1.807) is 6.92 Å². The highest BCUT2D eigenvalue weighted by atomic mass is 16.1. The van der Waals surface area contributed by atoms with Crippen LogP contribution in [-0.2, 0) is 11.2 Å². The van der Waals surface area contributed by atoms with Crippen LogP contribution in [0.3, 0.4) is 0 Å². The minimum absolute atomic E-state index is 0.134. The molecule has 1 rings (SSSR count). The van der Waals surface area contributed by atoms with Gasteiger partial charge in [-0.3, -0.25) is 4.79 Å². The third-order valence-electron chi connectivity index (χ3n) is 2.05. The molecule has 3 heteroatoms. The van der Waals surface area contributed by atoms with Gasteiger partial charge < -0.3 is 11.1 Å². The summed E-state index contributed by atoms with van der Waals surface area (Å²) in [5.41, 5.74) is 7.89. The van der Waals surface area contributed by atoms with Crippen molar-refractivity contribution in [3.63, 3.8) is 0 Å². The molecular weight excluding hydrogens is 188 g/mol. The Bertz CT molecular complexity index is 317. The fourth-order valence-electron chi connectivity index (χ4n) is 1.36. The number of carbonyl (C=O) groups is 1. The number of Topliss-reactive ketones (excluding diaryl/α,β-unsaturated/α-hetero) is 1. The third-order valence-corrected chi connectivity index (χ3v) is 2.05. The predicted octanol–water partition coefficient (Wildman–Crippen LogP) is 1.58. The van der Waals surface area contributed by atoms with E-state index in [2.05, 4.69) is 5.32 Å². The largest absolute Gasteiger partial charge is 0.378 e. The van der Waals surface area contributed by atoms with Gasteiger partial charge in [0.15, 0.2) is 0 Å². The van der Waals surface area contributed by atoms with Crippen LogP contribution in [0.15, 0.2) is 24.3 Å². The molecule has 0 saturated heterocycles. The molecule has 0 radical (unpaired) electrons. The van der Waals surface area contributed by atoms with Crippen LogP contribution in [0.4, 0.5) is 5.69 Å². The van der Waals surface area contributed by atoms with Crippen molar-refractivity contribution in [1.82, 2.24) is 0 Å². The summed E-state index contributed by atoms with van der Waals surface area (Å²) < 4.78 is 0. The van der Waals surface area contributed by atoms with Crippen LogP contribution >= 0.6 is 0 Å². The van der Waals surface area contributed by atoms with Gasteiger partial charge in [-0.15, -0.1) is 0 Å². The van der Waals surface area contributed by atoms with Crippen molar-refractivity contribution >= 4 is 11.5 Å². The number of hydrogen-bond acceptors (Lipinski definition) is 3. The van der Waals surface area contributed by atoms with Crippen LogP contribution in [0.5, 0.6) is 0 Å². The molecule has 0 fully saturated rings. The molecule has 0 aliphatic heterocycles. The van der Waals surface area contributed by atoms with Gasteiger partial charge in [0.2, 0.25) is 0 Å². The first-order valence-electron chi connectivity index (χ1n) is 5.16. The van der Waals surface area contributed by atoms with Gasteiger partial charge in [-0.1, -0.05) is 12.1 Å². The Morgan fingerprint density at radius 3 is 2.47 bits per heavy atom. The molecule has 0 spiro atoms. The summed E-state index contributed by atoms with van der Waals surface area (Å²) in [7, 11) is 0. The molecular formula is C12H18N2O. The van der Waals surface area contributed by atoms with Crippen LogP contribution in [0.2, 0.25) is 0 Å². The summed E-state index contributed by atoms with van der Waals surface area (Å²) >= 11 is 0. The second-order valence-corrected chi connectivity index (χ2v) is 3.93. The Kier molecular flexibility index (Phi) is 4.31. The van der Waals surface area contributed by atoms with Gasteiger partial charge >= 0.3 is 0 Å². The highest BCUT2D eigenvalue weighted by molar-refractivity contribution is 5.80. The zero-order valence-electron chi connectivity index (χ0n) is 9.29. The lowest BCUT2D eigenvalue weighted by Gasteiger charge is -2.07. The summed E-state index contributed by atoms with van der Waals surface area (Å²) in [6.45, 7) is 3.94. The van der Waals surface area contributed by atoms with E-state index in [-0.39, 0.29) is 11.8 Å². The average molecular weight is 206 g/mol. The maximum absolute atomic E-state index is 10.8. The zero-order valence-corrected chi connectivity index (χ0v) is 9.29. The van der Waals surface area contributed by atoms with Crippen molar-refractivity contribution in [3.8, 4) is 0 Å². The quantitative estimate of drug-likeness (QED) is 0.769. The molecule has 0 amide bonds. The van der Waals surface area contributed by atoms with Crippen LogP contribution in [-0.4, -0.2) is 18.4 Å². The van der Waals surface area contributed by atoms with Crippen molar-refractivity contribution < 1.29 is 4.79 Å². The number of rotatable bonds is 5. The molecule has 1 aromatic rings. The Hall–Kier alpha value is -1.35. The molecule has 82 valence electrons. The third kappa shape index (κ3) is 4.61. The van der Waals surface area contributed by atoms with Gasteiger partial charge in [0.1, 0.15) is 5.78 Å². The highest BCUT2D eigenvalue weighted by Crippen LogP contribution is 2.10. The number of ketones is 1. The first-order chi connectivity index (χ1) is 7.08. The molecule has 1 atom stereocenters. The molecule has 0 saturated carbocycles. The van der Waals surface area contributed by atoms with E-state index in [0.717, 1.165) is 12.1 Å². The molecule has 0 bridgehead atoms. The summed E-state index contributed by atoms with van der Waals surface area (Å²) in [5.74, 6) is 0.134. The van der Waals surface area contributed by atoms with Crippen LogP contribution < -0.4 is 11.1 Å². The van der Waals surface area contributed by atoms with Crippen molar-refractivity contribution in [3.05, 3.63) is 29.8 Å². The van der Waals surface area contributed by atoms with Crippen LogP contribution in [0.1, 0.15) is 19.4 Å². The lowest BCUT2D eigenvalue weighted by molar-refractivity contribution is -0.115. The van der Waals surface area contributed by atoms with E-state index < -0.39 is 0 Å². The fourth-order valence-corrected chi connectivity index (χ4v) is 1.36. The number of carbonyl (C=O) groups excluding carboxylic acids is 1. The fraction of sp³-hybridized carbons (Fsp3) is 0.417. The van der Waals surface area contributed by atoms with Crippen molar-refractivity contribution in [2.45, 2.75) is 26.3 Å². The van der Waals surface area contributed by atoms with E-state index in [1.165, 1.54) is 5.56 Å². The maximum Gasteiger partial charge on any atom is 0.148 e. The predicted molar refractivity (Wildman–Crippen MR) is 63.0 cm³/mol. The molecule has 0 heterocycles. The van der Waals surface area contributed by atoms with Crippen molar-refractivity contribution in [2.24, 2.45) is 5.73 Å². The molecule has 0 aliphatic carbocycles. The normalized spacial score (nSPS) is 12.2. The molecule has 3 N–H and O–H groups in total. The lowest BCUT2D eigenvalue weighted by atomic mass is 10.1. The number of anilines is 1. The Labute approximate surface area is 90.7 Å². The zero-order chi connectivity index (χ0) is 11.3. The van der Waals surface area contributed by atoms with Gasteiger partial charge in [0.05, 0.1) is 6.54 Å². The summed E-state index contributed by atoms with van der Waals surface area (Å²) in [4.78, 5) is 10.8. The topological polar surface area (TPSA) is 55.1 Å². The molecule has 1 aromatic carbocycles. The molecule has 0 aromatic heterocycles. The molecule has 1 unspecified atom stereocenters. The second kappa shape index (κ2) is 5.51. The Morgan fingerprint density at radius 1 is 1.40 bits per heavy atom. The summed E-state index contributed by atoms with van der Waals surface area (Å²) in [6, 6.07) is 8.19. The van der Waals surface area contributed by atoms with Crippen molar-refractivity contribution in [2.75, 3.05) is 11.9 Å². The number of hydrogen-bond donors (Lipinski definition) is 2. The molecule has 0 aliphatic rings. The lowest BCUT2D eigenvalue weighted by Crippen LogP contribution is -2.17. The SMILES string of the molecule is CC(=O)CNc1ccc(CC(C)N)cc1. The monoisotopic (exact) mass is 206 g/mol. The summed E-state index contributed by atoms with van der Waals surface area (Å²) in [6.07, 6.45) is 0.882. The Balaban J connectivity index is 2.52.